The van der Waals surface area contributed by atoms with E-state index in [4.69, 9.17) is 16.0 Å². The molecule has 0 aliphatic rings. The highest BCUT2D eigenvalue weighted by atomic mass is 35.5. The Balaban J connectivity index is 1.54. The Labute approximate surface area is 146 Å². The summed E-state index contributed by atoms with van der Waals surface area (Å²) in [4.78, 5) is 0. The Morgan fingerprint density at radius 1 is 1.08 bits per heavy atom. The third-order valence-electron chi connectivity index (χ3n) is 3.95. The number of aryl methyl sites for hydroxylation is 1. The van der Waals surface area contributed by atoms with Gasteiger partial charge < -0.3 is 9.73 Å². The van der Waals surface area contributed by atoms with Gasteiger partial charge in [0.1, 0.15) is 17.3 Å². The average molecular weight is 344 g/mol. The van der Waals surface area contributed by atoms with E-state index >= 15 is 0 Å². The van der Waals surface area contributed by atoms with Crippen LogP contribution < -0.4 is 5.32 Å². The molecule has 124 valence electrons. The highest BCUT2D eigenvalue weighted by Crippen LogP contribution is 2.26. The van der Waals surface area contributed by atoms with Crippen LogP contribution in [0.25, 0.3) is 11.3 Å². The Morgan fingerprint density at radius 3 is 2.71 bits per heavy atom. The van der Waals surface area contributed by atoms with Crippen LogP contribution in [-0.2, 0) is 13.0 Å². The molecule has 4 heteroatoms. The third-order valence-corrected chi connectivity index (χ3v) is 4.35. The molecule has 2 aromatic carbocycles. The quantitative estimate of drug-likeness (QED) is 0.608. The van der Waals surface area contributed by atoms with Crippen LogP contribution in [0.5, 0.6) is 0 Å². The maximum atomic E-state index is 13.5. The third kappa shape index (κ3) is 4.05. The Hall–Kier alpha value is -2.10. The van der Waals surface area contributed by atoms with Crippen molar-refractivity contribution in [2.45, 2.75) is 19.9 Å². The standard InChI is InChI=1S/C20H19ClFNO/c1-14-6-7-16(12-18(14)21)20-9-8-17(24-20)13-23-11-10-15-4-2-3-5-19(15)22/h2-9,12,23H,10-11,13H2,1H3. The molecule has 0 spiro atoms. The molecule has 1 aromatic heterocycles. The minimum Gasteiger partial charge on any atom is -0.460 e. The monoisotopic (exact) mass is 343 g/mol. The van der Waals surface area contributed by atoms with Gasteiger partial charge in [0.25, 0.3) is 0 Å². The first-order chi connectivity index (χ1) is 11.6. The van der Waals surface area contributed by atoms with Crippen LogP contribution in [0.2, 0.25) is 5.02 Å². The molecule has 0 aliphatic carbocycles. The molecule has 0 unspecified atom stereocenters. The fourth-order valence-corrected chi connectivity index (χ4v) is 2.69. The van der Waals surface area contributed by atoms with E-state index in [2.05, 4.69) is 5.32 Å². The summed E-state index contributed by atoms with van der Waals surface area (Å²) in [6, 6.07) is 16.6. The number of hydrogen-bond acceptors (Lipinski definition) is 2. The summed E-state index contributed by atoms with van der Waals surface area (Å²) in [6.45, 7) is 3.26. The second-order valence-corrected chi connectivity index (χ2v) is 6.16. The van der Waals surface area contributed by atoms with Gasteiger partial charge in [-0.15, -0.1) is 0 Å². The minimum atomic E-state index is -0.157. The van der Waals surface area contributed by atoms with Gasteiger partial charge in [-0.3, -0.25) is 0 Å². The largest absolute Gasteiger partial charge is 0.460 e. The number of rotatable bonds is 6. The molecule has 0 saturated heterocycles. The molecular formula is C20H19ClFNO. The smallest absolute Gasteiger partial charge is 0.134 e. The van der Waals surface area contributed by atoms with E-state index in [1.165, 1.54) is 6.07 Å². The van der Waals surface area contributed by atoms with Crippen molar-refractivity contribution in [3.63, 3.8) is 0 Å². The molecule has 0 amide bonds. The first-order valence-corrected chi connectivity index (χ1v) is 8.30. The molecule has 0 fully saturated rings. The topological polar surface area (TPSA) is 25.2 Å². The summed E-state index contributed by atoms with van der Waals surface area (Å²) in [5.41, 5.74) is 2.73. The lowest BCUT2D eigenvalue weighted by Gasteiger charge is -2.04. The molecule has 0 saturated carbocycles. The van der Waals surface area contributed by atoms with Crippen molar-refractivity contribution in [3.05, 3.63) is 82.3 Å². The minimum absolute atomic E-state index is 0.157. The van der Waals surface area contributed by atoms with Crippen molar-refractivity contribution < 1.29 is 8.81 Å². The van der Waals surface area contributed by atoms with Gasteiger partial charge in [0, 0.05) is 10.6 Å². The Bertz CT molecular complexity index is 828. The average Bonchev–Trinajstić information content (AvgIpc) is 3.04. The van der Waals surface area contributed by atoms with Crippen molar-refractivity contribution in [2.24, 2.45) is 0 Å². The van der Waals surface area contributed by atoms with Crippen LogP contribution in [-0.4, -0.2) is 6.54 Å². The predicted molar refractivity (Wildman–Crippen MR) is 95.7 cm³/mol. The predicted octanol–water partition coefficient (Wildman–Crippen LogP) is 5.38. The number of halogens is 2. The molecule has 0 radical (unpaired) electrons. The molecule has 0 bridgehead atoms. The number of nitrogens with one attached hydrogen (secondary N) is 1. The maximum Gasteiger partial charge on any atom is 0.134 e. The van der Waals surface area contributed by atoms with Crippen molar-refractivity contribution in [2.75, 3.05) is 6.54 Å². The molecule has 1 heterocycles. The summed E-state index contributed by atoms with van der Waals surface area (Å²) < 4.78 is 19.4. The van der Waals surface area contributed by atoms with Crippen LogP contribution in [0.1, 0.15) is 16.9 Å². The zero-order valence-electron chi connectivity index (χ0n) is 13.5. The van der Waals surface area contributed by atoms with E-state index in [-0.39, 0.29) is 5.82 Å². The lowest BCUT2D eigenvalue weighted by molar-refractivity contribution is 0.493. The normalized spacial score (nSPS) is 11.0. The highest BCUT2D eigenvalue weighted by Gasteiger charge is 2.07. The van der Waals surface area contributed by atoms with Gasteiger partial charge in [0.15, 0.2) is 0 Å². The molecule has 24 heavy (non-hydrogen) atoms. The zero-order chi connectivity index (χ0) is 16.9. The molecule has 0 atom stereocenters. The van der Waals surface area contributed by atoms with Gasteiger partial charge in [-0.2, -0.15) is 0 Å². The molecular weight excluding hydrogens is 325 g/mol. The maximum absolute atomic E-state index is 13.5. The van der Waals surface area contributed by atoms with Gasteiger partial charge in [-0.25, -0.2) is 4.39 Å². The van der Waals surface area contributed by atoms with Gasteiger partial charge in [0.05, 0.1) is 6.54 Å². The molecule has 3 rings (SSSR count). The van der Waals surface area contributed by atoms with Crippen molar-refractivity contribution in [3.8, 4) is 11.3 Å². The summed E-state index contributed by atoms with van der Waals surface area (Å²) in [5, 5.41) is 4.01. The van der Waals surface area contributed by atoms with Crippen LogP contribution in [0.4, 0.5) is 4.39 Å². The Morgan fingerprint density at radius 2 is 1.92 bits per heavy atom. The second-order valence-electron chi connectivity index (χ2n) is 5.75. The van der Waals surface area contributed by atoms with E-state index in [1.807, 2.05) is 49.4 Å². The summed E-state index contributed by atoms with van der Waals surface area (Å²) in [7, 11) is 0. The van der Waals surface area contributed by atoms with Gasteiger partial charge in [-0.1, -0.05) is 41.9 Å². The fourth-order valence-electron chi connectivity index (χ4n) is 2.51. The summed E-state index contributed by atoms with van der Waals surface area (Å²) in [6.07, 6.45) is 0.647. The Kier molecular flexibility index (Phi) is 5.34. The highest BCUT2D eigenvalue weighted by molar-refractivity contribution is 6.31. The van der Waals surface area contributed by atoms with Crippen molar-refractivity contribution >= 4 is 11.6 Å². The SMILES string of the molecule is Cc1ccc(-c2ccc(CNCCc3ccccc3F)o2)cc1Cl. The van der Waals surface area contributed by atoms with Crippen molar-refractivity contribution in [1.29, 1.82) is 0 Å². The fraction of sp³-hybridized carbons (Fsp3) is 0.200. The van der Waals surface area contributed by atoms with Gasteiger partial charge >= 0.3 is 0 Å². The lowest BCUT2D eigenvalue weighted by Crippen LogP contribution is -2.16. The summed E-state index contributed by atoms with van der Waals surface area (Å²) >= 11 is 6.16. The first kappa shape index (κ1) is 16.7. The van der Waals surface area contributed by atoms with E-state index in [1.54, 1.807) is 6.07 Å². The van der Waals surface area contributed by atoms with Crippen LogP contribution in [0, 0.1) is 12.7 Å². The zero-order valence-corrected chi connectivity index (χ0v) is 14.2. The van der Waals surface area contributed by atoms with E-state index in [0.717, 1.165) is 33.2 Å². The molecule has 1 N–H and O–H groups in total. The van der Waals surface area contributed by atoms with Crippen LogP contribution in [0.3, 0.4) is 0 Å². The molecule has 3 aromatic rings. The second kappa shape index (κ2) is 7.65. The molecule has 2 nitrogen and oxygen atoms in total. The number of hydrogen-bond donors (Lipinski definition) is 1. The van der Waals surface area contributed by atoms with Crippen LogP contribution >= 0.6 is 11.6 Å². The van der Waals surface area contributed by atoms with Crippen LogP contribution in [0.15, 0.2) is 59.0 Å². The van der Waals surface area contributed by atoms with Gasteiger partial charge in [0.2, 0.25) is 0 Å². The van der Waals surface area contributed by atoms with E-state index in [0.29, 0.717) is 19.5 Å². The number of furan rings is 1. The number of benzene rings is 2. The summed E-state index contributed by atoms with van der Waals surface area (Å²) in [5.74, 6) is 1.48. The van der Waals surface area contributed by atoms with E-state index < -0.39 is 0 Å². The van der Waals surface area contributed by atoms with E-state index in [9.17, 15) is 4.39 Å². The lowest BCUT2D eigenvalue weighted by atomic mass is 10.1. The van der Waals surface area contributed by atoms with Crippen molar-refractivity contribution in [1.82, 2.24) is 5.32 Å². The van der Waals surface area contributed by atoms with Gasteiger partial charge in [-0.05, 0) is 55.3 Å². The molecule has 0 aliphatic heterocycles. The first-order valence-electron chi connectivity index (χ1n) is 7.93.